The van der Waals surface area contributed by atoms with E-state index in [0.29, 0.717) is 39.0 Å². The third-order valence-corrected chi connectivity index (χ3v) is 6.65. The maximum Gasteiger partial charge on any atom is 0.319 e. The van der Waals surface area contributed by atoms with Crippen LogP contribution in [0.25, 0.3) is 11.0 Å². The molecule has 3 N–H and O–H groups in total. The molecule has 2 aromatic rings. The number of aromatic nitrogens is 3. The number of hydrogen-bond acceptors (Lipinski definition) is 6. The summed E-state index contributed by atoms with van der Waals surface area (Å²) in [7, 11) is 0. The Morgan fingerprint density at radius 2 is 2.03 bits per heavy atom. The van der Waals surface area contributed by atoms with Crippen molar-refractivity contribution in [3.05, 3.63) is 17.5 Å². The predicted molar refractivity (Wildman–Crippen MR) is 116 cm³/mol. The van der Waals surface area contributed by atoms with Gasteiger partial charge in [-0.25, -0.2) is 9.67 Å². The van der Waals surface area contributed by atoms with Gasteiger partial charge in [-0.2, -0.15) is 5.10 Å². The van der Waals surface area contributed by atoms with Crippen LogP contribution in [0.3, 0.4) is 0 Å². The molecule has 1 saturated carbocycles. The zero-order chi connectivity index (χ0) is 22.0. The molecule has 1 amide bonds. The molecule has 3 heterocycles. The van der Waals surface area contributed by atoms with Gasteiger partial charge in [0.05, 0.1) is 17.3 Å². The summed E-state index contributed by atoms with van der Waals surface area (Å²) in [5.74, 6) is -1.44. The number of nitrogens with zero attached hydrogens (tertiary/aromatic N) is 3. The van der Waals surface area contributed by atoms with Crippen LogP contribution in [0.1, 0.15) is 57.2 Å². The van der Waals surface area contributed by atoms with Crippen molar-refractivity contribution < 1.29 is 19.4 Å². The number of hydrogen-bond donors (Lipinski definition) is 3. The van der Waals surface area contributed by atoms with Crippen LogP contribution in [0.4, 0.5) is 5.69 Å². The first-order chi connectivity index (χ1) is 15.0. The Balaban J connectivity index is 1.69. The van der Waals surface area contributed by atoms with Gasteiger partial charge >= 0.3 is 5.97 Å². The second-order valence-electron chi connectivity index (χ2n) is 8.42. The van der Waals surface area contributed by atoms with E-state index in [1.807, 2.05) is 24.7 Å². The summed E-state index contributed by atoms with van der Waals surface area (Å²) in [5.41, 5.74) is 2.27. The molecule has 31 heavy (non-hydrogen) atoms. The number of pyridine rings is 1. The van der Waals surface area contributed by atoms with Gasteiger partial charge in [-0.15, -0.1) is 0 Å². The van der Waals surface area contributed by atoms with E-state index >= 15 is 0 Å². The van der Waals surface area contributed by atoms with Crippen molar-refractivity contribution in [1.82, 2.24) is 20.1 Å². The van der Waals surface area contributed by atoms with Crippen molar-refractivity contribution >= 4 is 28.6 Å². The topological polar surface area (TPSA) is 118 Å². The van der Waals surface area contributed by atoms with Crippen LogP contribution in [0.5, 0.6) is 0 Å². The molecule has 0 aromatic carbocycles. The van der Waals surface area contributed by atoms with E-state index in [1.54, 1.807) is 0 Å². The molecule has 1 saturated heterocycles. The fourth-order valence-corrected chi connectivity index (χ4v) is 4.51. The first kappa shape index (κ1) is 21.5. The highest BCUT2D eigenvalue weighted by atomic mass is 16.5. The van der Waals surface area contributed by atoms with E-state index in [-0.39, 0.29) is 12.6 Å². The third-order valence-electron chi connectivity index (χ3n) is 6.65. The van der Waals surface area contributed by atoms with Gasteiger partial charge in [-0.1, -0.05) is 13.3 Å². The molecular weight excluding hydrogens is 398 g/mol. The summed E-state index contributed by atoms with van der Waals surface area (Å²) in [6, 6.07) is 0.264. The van der Waals surface area contributed by atoms with Crippen LogP contribution < -0.4 is 10.6 Å². The molecule has 168 valence electrons. The van der Waals surface area contributed by atoms with Crippen LogP contribution in [0.2, 0.25) is 0 Å². The lowest BCUT2D eigenvalue weighted by Crippen LogP contribution is -2.50. The Morgan fingerprint density at radius 3 is 2.61 bits per heavy atom. The number of aryl methyl sites for hydroxylation is 2. The largest absolute Gasteiger partial charge is 0.480 e. The second-order valence-corrected chi connectivity index (χ2v) is 8.42. The Labute approximate surface area is 181 Å². The molecule has 9 heteroatoms. The molecule has 2 aliphatic rings. The maximum atomic E-state index is 12.8. The standard InChI is InChI=1S/C22H31N5O4/c1-3-17-15(12-23-20(28)22(21(29)30)8-5-9-22)18(25-14-6-10-31-11-7-14)16-13-24-27(4-2)19(16)26-17/h13-14H,3-12H2,1-2H3,(H,23,28)(H,25,26)(H,29,30). The van der Waals surface area contributed by atoms with Gasteiger partial charge in [0.1, 0.15) is 5.41 Å². The van der Waals surface area contributed by atoms with Crippen molar-refractivity contribution in [3.63, 3.8) is 0 Å². The zero-order valence-electron chi connectivity index (χ0n) is 18.2. The molecule has 2 fully saturated rings. The Bertz CT molecular complexity index is 976. The van der Waals surface area contributed by atoms with E-state index in [4.69, 9.17) is 9.72 Å². The maximum absolute atomic E-state index is 12.8. The molecule has 0 atom stereocenters. The fourth-order valence-electron chi connectivity index (χ4n) is 4.51. The predicted octanol–water partition coefficient (Wildman–Crippen LogP) is 2.48. The van der Waals surface area contributed by atoms with Crippen molar-refractivity contribution in [2.24, 2.45) is 5.41 Å². The molecule has 4 rings (SSSR count). The summed E-state index contributed by atoms with van der Waals surface area (Å²) in [6.45, 7) is 6.46. The minimum absolute atomic E-state index is 0.239. The Morgan fingerprint density at radius 1 is 1.29 bits per heavy atom. The van der Waals surface area contributed by atoms with Crippen molar-refractivity contribution in [2.45, 2.75) is 71.5 Å². The third kappa shape index (κ3) is 3.86. The van der Waals surface area contributed by atoms with E-state index < -0.39 is 17.3 Å². The minimum atomic E-state index is -1.29. The quantitative estimate of drug-likeness (QED) is 0.552. The highest BCUT2D eigenvalue weighted by Crippen LogP contribution is 2.41. The molecule has 0 bridgehead atoms. The SMILES string of the molecule is CCc1nc2c(cnn2CC)c(NC2CCOCC2)c1CNC(=O)C1(C(=O)O)CCC1. The number of amides is 1. The number of rotatable bonds is 8. The number of fused-ring (bicyclic) bond motifs is 1. The molecule has 1 aliphatic carbocycles. The molecule has 9 nitrogen and oxygen atoms in total. The molecular formula is C22H31N5O4. The van der Waals surface area contributed by atoms with Crippen molar-refractivity contribution in [1.29, 1.82) is 0 Å². The first-order valence-corrected chi connectivity index (χ1v) is 11.2. The van der Waals surface area contributed by atoms with E-state index in [0.717, 1.165) is 47.2 Å². The van der Waals surface area contributed by atoms with Gasteiger partial charge in [0.25, 0.3) is 0 Å². The minimum Gasteiger partial charge on any atom is -0.480 e. The van der Waals surface area contributed by atoms with Crippen LogP contribution in [-0.4, -0.2) is 51.0 Å². The Hall–Kier alpha value is -2.68. The normalized spacial score (nSPS) is 18.5. The number of carboxylic acid groups (broad SMARTS) is 1. The van der Waals surface area contributed by atoms with E-state index in [2.05, 4.69) is 15.7 Å². The molecule has 0 unspecified atom stereocenters. The highest BCUT2D eigenvalue weighted by Gasteiger charge is 2.51. The monoisotopic (exact) mass is 429 g/mol. The van der Waals surface area contributed by atoms with Gasteiger partial charge in [0.15, 0.2) is 5.65 Å². The van der Waals surface area contributed by atoms with Gasteiger partial charge in [0.2, 0.25) is 5.91 Å². The number of ether oxygens (including phenoxy) is 1. The average Bonchev–Trinajstić information content (AvgIpc) is 3.15. The average molecular weight is 430 g/mol. The van der Waals surface area contributed by atoms with Crippen molar-refractivity contribution in [3.8, 4) is 0 Å². The lowest BCUT2D eigenvalue weighted by atomic mass is 9.68. The summed E-state index contributed by atoms with van der Waals surface area (Å²) in [4.78, 5) is 29.4. The van der Waals surface area contributed by atoms with Crippen LogP contribution in [0, 0.1) is 5.41 Å². The smallest absolute Gasteiger partial charge is 0.319 e. The number of aliphatic carboxylic acids is 1. The summed E-state index contributed by atoms with van der Waals surface area (Å²) in [5, 5.41) is 21.6. The number of carbonyl (C=O) groups excluding carboxylic acids is 1. The van der Waals surface area contributed by atoms with Crippen molar-refractivity contribution in [2.75, 3.05) is 18.5 Å². The summed E-state index contributed by atoms with van der Waals surface area (Å²) >= 11 is 0. The van der Waals surface area contributed by atoms with Crippen LogP contribution in [-0.2, 0) is 33.8 Å². The molecule has 1 aliphatic heterocycles. The fraction of sp³-hybridized carbons (Fsp3) is 0.636. The lowest BCUT2D eigenvalue weighted by Gasteiger charge is -2.36. The molecule has 0 spiro atoms. The number of carboxylic acids is 1. The van der Waals surface area contributed by atoms with Gasteiger partial charge in [0, 0.05) is 43.6 Å². The van der Waals surface area contributed by atoms with Crippen LogP contribution in [0.15, 0.2) is 6.20 Å². The number of carbonyl (C=O) groups is 2. The van der Waals surface area contributed by atoms with Gasteiger partial charge in [-0.3, -0.25) is 9.59 Å². The molecule has 2 aromatic heterocycles. The molecule has 0 radical (unpaired) electrons. The first-order valence-electron chi connectivity index (χ1n) is 11.2. The highest BCUT2D eigenvalue weighted by molar-refractivity contribution is 6.03. The summed E-state index contributed by atoms with van der Waals surface area (Å²) < 4.78 is 7.37. The van der Waals surface area contributed by atoms with E-state index in [1.165, 1.54) is 0 Å². The lowest BCUT2D eigenvalue weighted by molar-refractivity contribution is -0.162. The summed E-state index contributed by atoms with van der Waals surface area (Å²) in [6.07, 6.45) is 5.87. The number of anilines is 1. The van der Waals surface area contributed by atoms with E-state index in [9.17, 15) is 14.7 Å². The zero-order valence-corrected chi connectivity index (χ0v) is 18.2. The number of nitrogens with one attached hydrogen (secondary N) is 2. The Kier molecular flexibility index (Phi) is 6.13. The van der Waals surface area contributed by atoms with Gasteiger partial charge < -0.3 is 20.5 Å². The second kappa shape index (κ2) is 8.82. The van der Waals surface area contributed by atoms with Crippen LogP contribution >= 0.6 is 0 Å². The van der Waals surface area contributed by atoms with Gasteiger partial charge in [-0.05, 0) is 39.0 Å².